The van der Waals surface area contributed by atoms with Gasteiger partial charge in [-0.3, -0.25) is 4.79 Å². The molecule has 0 radical (unpaired) electrons. The van der Waals surface area contributed by atoms with Gasteiger partial charge < -0.3 is 5.32 Å². The molecule has 15 heavy (non-hydrogen) atoms. The molecule has 1 fully saturated rings. The predicted molar refractivity (Wildman–Crippen MR) is 63.6 cm³/mol. The summed E-state index contributed by atoms with van der Waals surface area (Å²) < 4.78 is 0. The Balaban J connectivity index is 0.00000112. The maximum absolute atomic E-state index is 12.0. The van der Waals surface area contributed by atoms with Crippen LogP contribution in [0.15, 0.2) is 30.3 Å². The van der Waals surface area contributed by atoms with Crippen LogP contribution >= 0.6 is 12.4 Å². The van der Waals surface area contributed by atoms with E-state index >= 15 is 0 Å². The summed E-state index contributed by atoms with van der Waals surface area (Å²) in [5.74, 6) is 0.476. The van der Waals surface area contributed by atoms with Gasteiger partial charge in [-0.05, 0) is 19.4 Å². The zero-order valence-corrected chi connectivity index (χ0v) is 9.43. The van der Waals surface area contributed by atoms with Crippen LogP contribution in [0.4, 0.5) is 0 Å². The summed E-state index contributed by atoms with van der Waals surface area (Å²) in [7, 11) is 0. The number of hydrogen-bond acceptors (Lipinski definition) is 2. The molecule has 1 saturated heterocycles. The number of Topliss-reactive ketones (excluding diaryl/α,β-unsaturated/α-hetero) is 1. The third-order valence-electron chi connectivity index (χ3n) is 2.73. The van der Waals surface area contributed by atoms with Crippen molar-refractivity contribution in [1.82, 2.24) is 5.32 Å². The summed E-state index contributed by atoms with van der Waals surface area (Å²) in [6.07, 6.45) is 2.14. The van der Waals surface area contributed by atoms with E-state index in [2.05, 4.69) is 5.32 Å². The quantitative estimate of drug-likeness (QED) is 0.783. The van der Waals surface area contributed by atoms with Crippen molar-refractivity contribution in [3.8, 4) is 0 Å². The van der Waals surface area contributed by atoms with Gasteiger partial charge in [0.1, 0.15) is 0 Å². The molecule has 1 aliphatic rings. The number of piperidine rings is 1. The van der Waals surface area contributed by atoms with Crippen molar-refractivity contribution in [3.05, 3.63) is 35.9 Å². The first-order chi connectivity index (χ1) is 6.88. The molecule has 1 aliphatic heterocycles. The molecule has 1 atom stereocenters. The molecule has 1 heterocycles. The number of halogens is 1. The Hall–Kier alpha value is -0.860. The number of benzene rings is 1. The number of rotatable bonds is 2. The minimum absolute atomic E-state index is 0. The van der Waals surface area contributed by atoms with Gasteiger partial charge >= 0.3 is 0 Å². The molecule has 1 aromatic rings. The van der Waals surface area contributed by atoms with Crippen LogP contribution in [0.3, 0.4) is 0 Å². The van der Waals surface area contributed by atoms with E-state index in [1.54, 1.807) is 0 Å². The minimum Gasteiger partial charge on any atom is -0.316 e. The molecule has 0 aliphatic carbocycles. The summed E-state index contributed by atoms with van der Waals surface area (Å²) in [5.41, 5.74) is 0.848. The number of nitrogens with one attached hydrogen (secondary N) is 1. The number of carbonyl (C=O) groups excluding carboxylic acids is 1. The molecule has 0 bridgehead atoms. The summed E-state index contributed by atoms with van der Waals surface area (Å²) in [6.45, 7) is 1.90. The van der Waals surface area contributed by atoms with Crippen LogP contribution in [0.5, 0.6) is 0 Å². The van der Waals surface area contributed by atoms with E-state index in [0.717, 1.165) is 31.5 Å². The van der Waals surface area contributed by atoms with Gasteiger partial charge in [0.15, 0.2) is 5.78 Å². The number of carbonyl (C=O) groups is 1. The fraction of sp³-hybridized carbons (Fsp3) is 0.417. The van der Waals surface area contributed by atoms with Gasteiger partial charge in [-0.15, -0.1) is 12.4 Å². The van der Waals surface area contributed by atoms with Crippen molar-refractivity contribution < 1.29 is 4.79 Å². The molecular weight excluding hydrogens is 210 g/mol. The summed E-state index contributed by atoms with van der Waals surface area (Å²) in [5, 5.41) is 3.26. The van der Waals surface area contributed by atoms with Crippen molar-refractivity contribution in [2.75, 3.05) is 13.1 Å². The first kappa shape index (κ1) is 12.2. The molecule has 2 rings (SSSR count). The van der Waals surface area contributed by atoms with Gasteiger partial charge in [0.05, 0.1) is 0 Å². The first-order valence-electron chi connectivity index (χ1n) is 5.18. The van der Waals surface area contributed by atoms with Crippen molar-refractivity contribution in [3.63, 3.8) is 0 Å². The molecule has 1 N–H and O–H groups in total. The van der Waals surface area contributed by atoms with Gasteiger partial charge in [0.2, 0.25) is 0 Å². The average molecular weight is 226 g/mol. The monoisotopic (exact) mass is 225 g/mol. The fourth-order valence-electron chi connectivity index (χ4n) is 1.91. The first-order valence-corrected chi connectivity index (χ1v) is 5.18. The molecule has 3 heteroatoms. The highest BCUT2D eigenvalue weighted by Gasteiger charge is 2.21. The van der Waals surface area contributed by atoms with Crippen LogP contribution in [0.1, 0.15) is 23.2 Å². The van der Waals surface area contributed by atoms with Gasteiger partial charge in [0, 0.05) is 18.0 Å². The van der Waals surface area contributed by atoms with E-state index in [9.17, 15) is 4.79 Å². The lowest BCUT2D eigenvalue weighted by molar-refractivity contribution is 0.0899. The lowest BCUT2D eigenvalue weighted by atomic mass is 9.91. The smallest absolute Gasteiger partial charge is 0.167 e. The highest BCUT2D eigenvalue weighted by molar-refractivity contribution is 5.98. The van der Waals surface area contributed by atoms with Gasteiger partial charge in [-0.2, -0.15) is 0 Å². The second-order valence-electron chi connectivity index (χ2n) is 3.77. The van der Waals surface area contributed by atoms with Gasteiger partial charge in [-0.1, -0.05) is 30.3 Å². The van der Waals surface area contributed by atoms with E-state index in [0.29, 0.717) is 0 Å². The van der Waals surface area contributed by atoms with E-state index in [1.807, 2.05) is 30.3 Å². The van der Waals surface area contributed by atoms with E-state index in [4.69, 9.17) is 0 Å². The van der Waals surface area contributed by atoms with E-state index < -0.39 is 0 Å². The van der Waals surface area contributed by atoms with Crippen molar-refractivity contribution in [2.45, 2.75) is 12.8 Å². The highest BCUT2D eigenvalue weighted by atomic mass is 35.5. The van der Waals surface area contributed by atoms with E-state index in [1.165, 1.54) is 0 Å². The average Bonchev–Trinajstić information content (AvgIpc) is 2.30. The largest absolute Gasteiger partial charge is 0.316 e. The Morgan fingerprint density at radius 3 is 2.60 bits per heavy atom. The van der Waals surface area contributed by atoms with Crippen molar-refractivity contribution in [2.24, 2.45) is 5.92 Å². The summed E-state index contributed by atoms with van der Waals surface area (Å²) in [4.78, 5) is 12.0. The highest BCUT2D eigenvalue weighted by Crippen LogP contribution is 2.16. The second kappa shape index (κ2) is 5.89. The Morgan fingerprint density at radius 1 is 1.27 bits per heavy atom. The fourth-order valence-corrected chi connectivity index (χ4v) is 1.91. The number of hydrogen-bond donors (Lipinski definition) is 1. The molecule has 0 saturated carbocycles. The maximum Gasteiger partial charge on any atom is 0.167 e. The van der Waals surface area contributed by atoms with Crippen LogP contribution in [0.2, 0.25) is 0 Å². The molecule has 1 unspecified atom stereocenters. The lowest BCUT2D eigenvalue weighted by Gasteiger charge is -2.21. The van der Waals surface area contributed by atoms with Crippen molar-refractivity contribution >= 4 is 18.2 Å². The van der Waals surface area contributed by atoms with Crippen LogP contribution in [0.25, 0.3) is 0 Å². The third-order valence-corrected chi connectivity index (χ3v) is 2.73. The van der Waals surface area contributed by atoms with Crippen LogP contribution in [0, 0.1) is 5.92 Å². The van der Waals surface area contributed by atoms with Crippen molar-refractivity contribution in [1.29, 1.82) is 0 Å². The van der Waals surface area contributed by atoms with Crippen LogP contribution in [-0.2, 0) is 0 Å². The Kier molecular flexibility index (Phi) is 4.79. The molecule has 1 aromatic carbocycles. The molecule has 0 spiro atoms. The maximum atomic E-state index is 12.0. The lowest BCUT2D eigenvalue weighted by Crippen LogP contribution is -2.34. The molecule has 0 amide bonds. The molecule has 82 valence electrons. The predicted octanol–water partition coefficient (Wildman–Crippen LogP) is 2.29. The summed E-state index contributed by atoms with van der Waals surface area (Å²) in [6, 6.07) is 9.58. The third kappa shape index (κ3) is 3.05. The Morgan fingerprint density at radius 2 is 2.00 bits per heavy atom. The normalized spacial score (nSPS) is 20.4. The zero-order chi connectivity index (χ0) is 9.80. The van der Waals surface area contributed by atoms with Gasteiger partial charge in [-0.25, -0.2) is 0 Å². The van der Waals surface area contributed by atoms with E-state index in [-0.39, 0.29) is 24.1 Å². The minimum atomic E-state index is 0. The van der Waals surface area contributed by atoms with Crippen LogP contribution < -0.4 is 5.32 Å². The van der Waals surface area contributed by atoms with Crippen LogP contribution in [-0.4, -0.2) is 18.9 Å². The topological polar surface area (TPSA) is 29.1 Å². The standard InChI is InChI=1S/C12H15NO.ClH/c14-12(10-5-2-1-3-6-10)11-7-4-8-13-9-11;/h1-3,5-6,11,13H,4,7-9H2;1H. The molecular formula is C12H16ClNO. The summed E-state index contributed by atoms with van der Waals surface area (Å²) >= 11 is 0. The zero-order valence-electron chi connectivity index (χ0n) is 8.61. The Labute approximate surface area is 96.5 Å². The number of ketones is 1. The molecule has 2 nitrogen and oxygen atoms in total. The Bertz CT molecular complexity index is 307. The molecule has 0 aromatic heterocycles. The second-order valence-corrected chi connectivity index (χ2v) is 3.77. The van der Waals surface area contributed by atoms with Gasteiger partial charge in [0.25, 0.3) is 0 Å². The SMILES string of the molecule is Cl.O=C(c1ccccc1)C1CCCNC1.